The maximum absolute atomic E-state index is 13.0. The molecule has 0 bridgehead atoms. The van der Waals surface area contributed by atoms with Crippen LogP contribution >= 0.6 is 0 Å². The summed E-state index contributed by atoms with van der Waals surface area (Å²) >= 11 is 0. The lowest BCUT2D eigenvalue weighted by Crippen LogP contribution is -2.53. The van der Waals surface area contributed by atoms with Crippen molar-refractivity contribution in [3.63, 3.8) is 0 Å². The van der Waals surface area contributed by atoms with Gasteiger partial charge in [-0.15, -0.1) is 0 Å². The third-order valence-electron chi connectivity index (χ3n) is 6.70. The van der Waals surface area contributed by atoms with Crippen molar-refractivity contribution in [2.24, 2.45) is 11.8 Å². The minimum absolute atomic E-state index is 0.0264. The summed E-state index contributed by atoms with van der Waals surface area (Å²) in [5, 5.41) is 0. The first-order chi connectivity index (χ1) is 14.6. The highest BCUT2D eigenvalue weighted by Gasteiger charge is 2.38. The molecule has 0 aromatic heterocycles. The highest BCUT2D eigenvalue weighted by Crippen LogP contribution is 2.29. The van der Waals surface area contributed by atoms with Gasteiger partial charge in [-0.25, -0.2) is 0 Å². The van der Waals surface area contributed by atoms with Crippen molar-refractivity contribution in [2.75, 3.05) is 44.7 Å². The second-order valence-electron chi connectivity index (χ2n) is 8.59. The van der Waals surface area contributed by atoms with Crippen molar-refractivity contribution in [1.29, 1.82) is 0 Å². The lowest BCUT2D eigenvalue weighted by atomic mass is 9.88. The smallest absolute Gasteiger partial charge is 0.228 e. The van der Waals surface area contributed by atoms with E-state index in [4.69, 9.17) is 4.74 Å². The number of ether oxygens (including phenoxy) is 1. The van der Waals surface area contributed by atoms with E-state index in [-0.39, 0.29) is 36.0 Å². The molecular weight excluding hydrogens is 382 g/mol. The van der Waals surface area contributed by atoms with Gasteiger partial charge in [0.05, 0.1) is 13.0 Å². The molecule has 30 heavy (non-hydrogen) atoms. The summed E-state index contributed by atoms with van der Waals surface area (Å²) in [6.45, 7) is 2.71. The number of rotatable bonds is 4. The van der Waals surface area contributed by atoms with E-state index in [0.717, 1.165) is 31.4 Å². The molecule has 1 atom stereocenters. The van der Waals surface area contributed by atoms with Crippen LogP contribution in [-0.2, 0) is 14.4 Å². The molecule has 1 saturated carbocycles. The largest absolute Gasteiger partial charge is 0.497 e. The Bertz CT molecular complexity index is 797. The van der Waals surface area contributed by atoms with Crippen molar-refractivity contribution in [1.82, 2.24) is 9.80 Å². The van der Waals surface area contributed by atoms with Crippen LogP contribution < -0.4 is 9.64 Å². The zero-order valence-electron chi connectivity index (χ0n) is 17.7. The summed E-state index contributed by atoms with van der Waals surface area (Å²) < 4.78 is 5.25. The van der Waals surface area contributed by atoms with Crippen LogP contribution in [0.2, 0.25) is 0 Å². The molecule has 1 aliphatic carbocycles. The van der Waals surface area contributed by atoms with E-state index in [2.05, 4.69) is 0 Å². The average Bonchev–Trinajstić information content (AvgIpc) is 3.20. The maximum Gasteiger partial charge on any atom is 0.228 e. The Morgan fingerprint density at radius 2 is 1.57 bits per heavy atom. The third kappa shape index (κ3) is 4.30. The molecule has 2 saturated heterocycles. The number of piperazine rings is 1. The lowest BCUT2D eigenvalue weighted by molar-refractivity contribution is -0.144. The molecule has 1 aromatic rings. The summed E-state index contributed by atoms with van der Waals surface area (Å²) in [5.41, 5.74) is 0.762. The predicted octanol–water partition coefficient (Wildman–Crippen LogP) is 2.30. The molecule has 7 nitrogen and oxygen atoms in total. The molecule has 3 aliphatic rings. The van der Waals surface area contributed by atoms with Gasteiger partial charge >= 0.3 is 0 Å². The summed E-state index contributed by atoms with van der Waals surface area (Å²) in [6.07, 6.45) is 5.77. The predicted molar refractivity (Wildman–Crippen MR) is 113 cm³/mol. The molecule has 7 heteroatoms. The molecule has 0 unspecified atom stereocenters. The van der Waals surface area contributed by atoms with Gasteiger partial charge in [0.2, 0.25) is 17.7 Å². The number of hydrogen-bond donors (Lipinski definition) is 0. The van der Waals surface area contributed by atoms with Gasteiger partial charge in [0.1, 0.15) is 5.75 Å². The van der Waals surface area contributed by atoms with Gasteiger partial charge in [0.15, 0.2) is 0 Å². The monoisotopic (exact) mass is 413 g/mol. The zero-order chi connectivity index (χ0) is 21.1. The van der Waals surface area contributed by atoms with E-state index in [9.17, 15) is 14.4 Å². The van der Waals surface area contributed by atoms with Crippen molar-refractivity contribution >= 4 is 23.4 Å². The van der Waals surface area contributed by atoms with Gasteiger partial charge < -0.3 is 19.4 Å². The lowest BCUT2D eigenvalue weighted by Gasteiger charge is -2.38. The second kappa shape index (κ2) is 9.06. The molecule has 0 spiro atoms. The molecule has 0 N–H and O–H groups in total. The number of amides is 3. The standard InChI is InChI=1S/C23H31N3O4/c1-30-20-9-5-8-19(15-20)26-16-18(14-21(26)27)23(29)25-12-10-24(11-13-25)22(28)17-6-3-2-4-7-17/h5,8-9,15,17-18H,2-4,6-7,10-14,16H2,1H3/t18-/m0/s1. The first kappa shape index (κ1) is 20.7. The van der Waals surface area contributed by atoms with Crippen LogP contribution in [0.3, 0.4) is 0 Å². The third-order valence-corrected chi connectivity index (χ3v) is 6.70. The Labute approximate surface area is 177 Å². The highest BCUT2D eigenvalue weighted by atomic mass is 16.5. The zero-order valence-corrected chi connectivity index (χ0v) is 17.7. The molecule has 2 aliphatic heterocycles. The fourth-order valence-electron chi connectivity index (χ4n) is 4.91. The van der Waals surface area contributed by atoms with Gasteiger partial charge in [-0.2, -0.15) is 0 Å². The van der Waals surface area contributed by atoms with Gasteiger partial charge in [0.25, 0.3) is 0 Å². The van der Waals surface area contributed by atoms with Crippen LogP contribution in [0.1, 0.15) is 38.5 Å². The minimum atomic E-state index is -0.329. The van der Waals surface area contributed by atoms with E-state index in [1.165, 1.54) is 6.42 Å². The number of nitrogens with zero attached hydrogens (tertiary/aromatic N) is 3. The number of carbonyl (C=O) groups is 3. The first-order valence-corrected chi connectivity index (χ1v) is 11.1. The normalized spacial score (nSPS) is 23.0. The maximum atomic E-state index is 13.0. The van der Waals surface area contributed by atoms with E-state index < -0.39 is 0 Å². The van der Waals surface area contributed by atoms with Gasteiger partial charge in [-0.05, 0) is 25.0 Å². The fraction of sp³-hybridized carbons (Fsp3) is 0.609. The Morgan fingerprint density at radius 3 is 2.20 bits per heavy atom. The van der Waals surface area contributed by atoms with Crippen LogP contribution in [0.25, 0.3) is 0 Å². The Balaban J connectivity index is 1.32. The van der Waals surface area contributed by atoms with Crippen molar-refractivity contribution < 1.29 is 19.1 Å². The van der Waals surface area contributed by atoms with Gasteiger partial charge in [-0.3, -0.25) is 14.4 Å². The van der Waals surface area contributed by atoms with E-state index in [0.29, 0.717) is 38.5 Å². The average molecular weight is 414 g/mol. The van der Waals surface area contributed by atoms with Crippen molar-refractivity contribution in [2.45, 2.75) is 38.5 Å². The summed E-state index contributed by atoms with van der Waals surface area (Å²) in [4.78, 5) is 43.8. The van der Waals surface area contributed by atoms with Crippen LogP contribution in [0.5, 0.6) is 5.75 Å². The van der Waals surface area contributed by atoms with Crippen LogP contribution in [0.4, 0.5) is 5.69 Å². The highest BCUT2D eigenvalue weighted by molar-refractivity contribution is 6.00. The van der Waals surface area contributed by atoms with E-state index >= 15 is 0 Å². The van der Waals surface area contributed by atoms with E-state index in [1.54, 1.807) is 12.0 Å². The number of benzene rings is 1. The number of carbonyl (C=O) groups excluding carboxylic acids is 3. The van der Waals surface area contributed by atoms with Crippen molar-refractivity contribution in [3.8, 4) is 5.75 Å². The topological polar surface area (TPSA) is 70.2 Å². The minimum Gasteiger partial charge on any atom is -0.497 e. The summed E-state index contributed by atoms with van der Waals surface area (Å²) in [6, 6.07) is 7.36. The van der Waals surface area contributed by atoms with E-state index in [1.807, 2.05) is 34.1 Å². The van der Waals surface area contributed by atoms with Gasteiger partial charge in [-0.1, -0.05) is 25.3 Å². The molecular formula is C23H31N3O4. The molecule has 2 heterocycles. The molecule has 3 amide bonds. The van der Waals surface area contributed by atoms with Crippen LogP contribution in [0, 0.1) is 11.8 Å². The fourth-order valence-corrected chi connectivity index (χ4v) is 4.91. The quantitative estimate of drug-likeness (QED) is 0.760. The van der Waals surface area contributed by atoms with Gasteiger partial charge in [0, 0.05) is 56.8 Å². The molecule has 4 rings (SSSR count). The van der Waals surface area contributed by atoms with Crippen molar-refractivity contribution in [3.05, 3.63) is 24.3 Å². The molecule has 1 aromatic carbocycles. The SMILES string of the molecule is COc1cccc(N2C[C@@H](C(=O)N3CCN(C(=O)C4CCCCC4)CC3)CC2=O)c1. The summed E-state index contributed by atoms with van der Waals surface area (Å²) in [7, 11) is 1.59. The van der Waals surface area contributed by atoms with Crippen LogP contribution in [-0.4, -0.2) is 67.4 Å². The molecule has 3 fully saturated rings. The molecule has 0 radical (unpaired) electrons. The first-order valence-electron chi connectivity index (χ1n) is 11.1. The Hall–Kier alpha value is -2.57. The Morgan fingerprint density at radius 1 is 0.933 bits per heavy atom. The van der Waals surface area contributed by atoms with Crippen LogP contribution in [0.15, 0.2) is 24.3 Å². The number of hydrogen-bond acceptors (Lipinski definition) is 4. The summed E-state index contributed by atoms with van der Waals surface area (Å²) in [5.74, 6) is 0.788. The molecule has 162 valence electrons. The second-order valence-corrected chi connectivity index (χ2v) is 8.59. The Kier molecular flexibility index (Phi) is 6.25. The number of anilines is 1. The number of methoxy groups -OCH3 is 1.